The van der Waals surface area contributed by atoms with E-state index >= 15 is 0 Å². The van der Waals surface area contributed by atoms with Gasteiger partial charge in [0.15, 0.2) is 17.1 Å². The maximum atomic E-state index is 12.1. The van der Waals surface area contributed by atoms with Gasteiger partial charge in [0.2, 0.25) is 0 Å². The Labute approximate surface area is 135 Å². The summed E-state index contributed by atoms with van der Waals surface area (Å²) in [5.74, 6) is -2.13. The fourth-order valence-corrected chi connectivity index (χ4v) is 3.16. The highest BCUT2D eigenvalue weighted by molar-refractivity contribution is 5.94. The van der Waals surface area contributed by atoms with Gasteiger partial charge in [-0.3, -0.25) is 4.79 Å². The Hall–Kier alpha value is -3.22. The number of rotatable bonds is 1. The van der Waals surface area contributed by atoms with Gasteiger partial charge in [0, 0.05) is 36.1 Å². The molecule has 0 spiro atoms. The first kappa shape index (κ1) is 14.4. The number of H-pyrrole nitrogens is 1. The van der Waals surface area contributed by atoms with E-state index in [4.69, 9.17) is 9.84 Å². The van der Waals surface area contributed by atoms with Gasteiger partial charge < -0.3 is 24.5 Å². The minimum atomic E-state index is -1.50. The zero-order chi connectivity index (χ0) is 17.0. The first-order valence-electron chi connectivity index (χ1n) is 7.41. The Kier molecular flexibility index (Phi) is 2.93. The number of aromatic amines is 1. The number of aromatic nitrogens is 2. The highest BCUT2D eigenvalue weighted by Crippen LogP contribution is 2.41. The number of carboxylic acids is 1. The molecule has 1 aliphatic heterocycles. The van der Waals surface area contributed by atoms with Gasteiger partial charge in [-0.1, -0.05) is 0 Å². The third kappa shape index (κ3) is 1.91. The maximum Gasteiger partial charge on any atom is 0.345 e. The van der Waals surface area contributed by atoms with Crippen LogP contribution >= 0.6 is 0 Å². The van der Waals surface area contributed by atoms with Gasteiger partial charge in [0.25, 0.3) is 5.56 Å². The third-order valence-corrected chi connectivity index (χ3v) is 4.36. The van der Waals surface area contributed by atoms with Crippen molar-refractivity contribution in [1.82, 2.24) is 9.55 Å². The predicted molar refractivity (Wildman–Crippen MR) is 86.8 cm³/mol. The number of carboxylic acid groups (broad SMARTS) is 1. The number of nitrogens with zero attached hydrogens (tertiary/aromatic N) is 1. The minimum absolute atomic E-state index is 0.000955. The second-order valence-electron chi connectivity index (χ2n) is 5.78. The zero-order valence-corrected chi connectivity index (χ0v) is 12.8. The molecular formula is C17H14N2O5. The van der Waals surface area contributed by atoms with Crippen LogP contribution in [-0.2, 0) is 13.5 Å². The van der Waals surface area contributed by atoms with E-state index in [0.29, 0.717) is 12.1 Å². The molecule has 7 heteroatoms. The monoisotopic (exact) mass is 326 g/mol. The Bertz CT molecular complexity index is 1060. The summed E-state index contributed by atoms with van der Waals surface area (Å²) in [7, 11) is 1.95. The molecule has 0 bridgehead atoms. The number of hydrogen-bond donors (Lipinski definition) is 3. The Morgan fingerprint density at radius 1 is 1.38 bits per heavy atom. The summed E-state index contributed by atoms with van der Waals surface area (Å²) in [6.45, 7) is 0.272. The standard InChI is InChI=1S/C17H14N2O5/c1-19-4-2-9-6-10-8(7-11(9)19)3-5-24-15-13(10)18-16(21)12(14(15)20)17(22)23/h2,4,6-7H,3,5H2,1H3,(H,22,23)(H2,18,20,21). The van der Waals surface area contributed by atoms with Crippen molar-refractivity contribution in [2.24, 2.45) is 7.05 Å². The third-order valence-electron chi connectivity index (χ3n) is 4.36. The molecule has 1 aliphatic rings. The van der Waals surface area contributed by atoms with E-state index in [-0.39, 0.29) is 12.4 Å². The molecule has 1 aromatic carbocycles. The fourth-order valence-electron chi connectivity index (χ4n) is 3.16. The molecule has 2 aromatic heterocycles. The van der Waals surface area contributed by atoms with Crippen LogP contribution in [0.1, 0.15) is 15.9 Å². The van der Waals surface area contributed by atoms with Crippen molar-refractivity contribution in [3.8, 4) is 22.8 Å². The maximum absolute atomic E-state index is 12.1. The zero-order valence-electron chi connectivity index (χ0n) is 12.8. The molecule has 122 valence electrons. The molecule has 0 aliphatic carbocycles. The summed E-state index contributed by atoms with van der Waals surface area (Å²) < 4.78 is 7.55. The van der Waals surface area contributed by atoms with E-state index in [1.54, 1.807) is 0 Å². The predicted octanol–water partition coefficient (Wildman–Crippen LogP) is 1.87. The number of aryl methyl sites for hydroxylation is 1. The number of hydrogen-bond acceptors (Lipinski definition) is 4. The first-order chi connectivity index (χ1) is 11.5. The van der Waals surface area contributed by atoms with Crippen LogP contribution in [0.4, 0.5) is 0 Å². The molecule has 0 atom stereocenters. The van der Waals surface area contributed by atoms with E-state index in [1.807, 2.05) is 36.0 Å². The lowest BCUT2D eigenvalue weighted by Gasteiger charge is -2.12. The Balaban J connectivity index is 2.07. The van der Waals surface area contributed by atoms with Crippen molar-refractivity contribution < 1.29 is 19.7 Å². The molecule has 24 heavy (non-hydrogen) atoms. The van der Waals surface area contributed by atoms with Crippen molar-refractivity contribution in [2.75, 3.05) is 6.61 Å². The van der Waals surface area contributed by atoms with Crippen LogP contribution in [0.3, 0.4) is 0 Å². The van der Waals surface area contributed by atoms with E-state index in [9.17, 15) is 14.7 Å². The summed E-state index contributed by atoms with van der Waals surface area (Å²) in [5.41, 5.74) is 1.47. The van der Waals surface area contributed by atoms with Crippen LogP contribution in [0.2, 0.25) is 0 Å². The van der Waals surface area contributed by atoms with Crippen LogP contribution < -0.4 is 10.3 Å². The van der Waals surface area contributed by atoms with Crippen LogP contribution in [-0.4, -0.2) is 32.3 Å². The van der Waals surface area contributed by atoms with Gasteiger partial charge in [-0.05, 0) is 23.8 Å². The summed E-state index contributed by atoms with van der Waals surface area (Å²) in [6.07, 6.45) is 2.52. The summed E-state index contributed by atoms with van der Waals surface area (Å²) in [5, 5.41) is 20.3. The molecule has 0 saturated heterocycles. The molecule has 0 unspecified atom stereocenters. The number of pyridine rings is 1. The highest BCUT2D eigenvalue weighted by atomic mass is 16.5. The van der Waals surface area contributed by atoms with Crippen molar-refractivity contribution in [1.29, 1.82) is 0 Å². The highest BCUT2D eigenvalue weighted by Gasteiger charge is 2.27. The quantitative estimate of drug-likeness (QED) is 0.633. The number of aromatic hydroxyl groups is 1. The molecule has 0 fully saturated rings. The SMILES string of the molecule is Cn1ccc2cc3c(cc21)CCOc1c-3[nH]c(=O)c(C(=O)O)c1O. The number of carbonyl (C=O) groups is 1. The summed E-state index contributed by atoms with van der Waals surface area (Å²) in [6, 6.07) is 5.88. The fraction of sp³-hybridized carbons (Fsp3) is 0.176. The van der Waals surface area contributed by atoms with Crippen molar-refractivity contribution in [3.63, 3.8) is 0 Å². The van der Waals surface area contributed by atoms with Gasteiger partial charge in [0.1, 0.15) is 0 Å². The largest absolute Gasteiger partial charge is 0.503 e. The van der Waals surface area contributed by atoms with Gasteiger partial charge >= 0.3 is 5.97 Å². The number of fused-ring (bicyclic) bond motifs is 4. The molecule has 0 radical (unpaired) electrons. The van der Waals surface area contributed by atoms with E-state index < -0.39 is 22.8 Å². The van der Waals surface area contributed by atoms with Crippen LogP contribution in [0, 0.1) is 0 Å². The molecule has 0 saturated carbocycles. The van der Waals surface area contributed by atoms with Gasteiger partial charge in [-0.25, -0.2) is 4.79 Å². The number of nitrogens with one attached hydrogen (secondary N) is 1. The molecule has 0 amide bonds. The number of benzene rings is 1. The van der Waals surface area contributed by atoms with Crippen LogP contribution in [0.5, 0.6) is 11.5 Å². The van der Waals surface area contributed by atoms with Crippen molar-refractivity contribution >= 4 is 16.9 Å². The summed E-state index contributed by atoms with van der Waals surface area (Å²) >= 11 is 0. The van der Waals surface area contributed by atoms with E-state index in [2.05, 4.69) is 4.98 Å². The Morgan fingerprint density at radius 2 is 2.17 bits per heavy atom. The number of ether oxygens (including phenoxy) is 1. The lowest BCUT2D eigenvalue weighted by molar-refractivity contribution is 0.0690. The molecule has 3 N–H and O–H groups in total. The molecule has 3 heterocycles. The minimum Gasteiger partial charge on any atom is -0.503 e. The molecule has 4 rings (SSSR count). The van der Waals surface area contributed by atoms with Crippen LogP contribution in [0.15, 0.2) is 29.2 Å². The molecular weight excluding hydrogens is 312 g/mol. The van der Waals surface area contributed by atoms with Crippen molar-refractivity contribution in [2.45, 2.75) is 6.42 Å². The Morgan fingerprint density at radius 3 is 2.92 bits per heavy atom. The van der Waals surface area contributed by atoms with Gasteiger partial charge in [0.05, 0.1) is 12.3 Å². The van der Waals surface area contributed by atoms with Gasteiger partial charge in [-0.15, -0.1) is 0 Å². The normalized spacial score (nSPS) is 13.0. The van der Waals surface area contributed by atoms with Crippen LogP contribution in [0.25, 0.3) is 22.2 Å². The average Bonchev–Trinajstić information content (AvgIpc) is 2.78. The first-order valence-corrected chi connectivity index (χ1v) is 7.41. The van der Waals surface area contributed by atoms with E-state index in [1.165, 1.54) is 0 Å². The molecule has 7 nitrogen and oxygen atoms in total. The lowest BCUT2D eigenvalue weighted by Crippen LogP contribution is -2.19. The smallest absolute Gasteiger partial charge is 0.345 e. The average molecular weight is 326 g/mol. The van der Waals surface area contributed by atoms with Crippen molar-refractivity contribution in [3.05, 3.63) is 45.9 Å². The second-order valence-corrected chi connectivity index (χ2v) is 5.78. The van der Waals surface area contributed by atoms with E-state index in [0.717, 1.165) is 22.0 Å². The van der Waals surface area contributed by atoms with Gasteiger partial charge in [-0.2, -0.15) is 0 Å². The molecule has 3 aromatic rings. The number of aromatic carboxylic acids is 1. The topological polar surface area (TPSA) is 105 Å². The summed E-state index contributed by atoms with van der Waals surface area (Å²) in [4.78, 5) is 25.8. The second kappa shape index (κ2) is 4.89. The lowest BCUT2D eigenvalue weighted by atomic mass is 9.99.